The van der Waals surface area contributed by atoms with Gasteiger partial charge in [0.15, 0.2) is 17.3 Å². The van der Waals surface area contributed by atoms with E-state index in [9.17, 15) is 14.4 Å². The second-order valence-electron chi connectivity index (χ2n) is 16.3. The van der Waals surface area contributed by atoms with E-state index in [0.717, 1.165) is 66.8 Å². The Bertz CT molecular complexity index is 2710. The molecule has 356 valence electrons. The van der Waals surface area contributed by atoms with Crippen LogP contribution in [-0.2, 0) is 74.5 Å². The van der Waals surface area contributed by atoms with E-state index < -0.39 is 0 Å². The molecule has 3 nitrogen and oxygen atoms in total. The number of Topliss-reactive ketones (excluding diaryl/α,β-unsaturated/α-hetero) is 3. The van der Waals surface area contributed by atoms with E-state index in [0.29, 0.717) is 19.3 Å². The second-order valence-corrected chi connectivity index (χ2v) is 16.3. The minimum absolute atomic E-state index is 0. The van der Waals surface area contributed by atoms with E-state index in [2.05, 4.69) is 0 Å². The summed E-state index contributed by atoms with van der Waals surface area (Å²) < 4.78 is 0. The van der Waals surface area contributed by atoms with Gasteiger partial charge in [-0.1, -0.05) is 273 Å². The summed E-state index contributed by atoms with van der Waals surface area (Å²) in [5, 5.41) is 0. The molecular weight excluding hydrogens is 1050 g/mol. The van der Waals surface area contributed by atoms with Gasteiger partial charge in [0.2, 0.25) is 0 Å². The van der Waals surface area contributed by atoms with Gasteiger partial charge in [0, 0.05) is 76.8 Å². The van der Waals surface area contributed by atoms with Gasteiger partial charge in [-0.15, -0.1) is 0 Å². The van der Waals surface area contributed by atoms with Crippen LogP contribution in [0.4, 0.5) is 0 Å². The Hall–Kier alpha value is -7.47. The first kappa shape index (κ1) is 54.5. The zero-order valence-electron chi connectivity index (χ0n) is 39.2. The van der Waals surface area contributed by atoms with Gasteiger partial charge in [-0.3, -0.25) is 14.4 Å². The van der Waals surface area contributed by atoms with Crippen molar-refractivity contribution in [2.75, 3.05) is 0 Å². The summed E-state index contributed by atoms with van der Waals surface area (Å²) >= 11 is 0. The summed E-state index contributed by atoms with van der Waals surface area (Å²) in [5.74, 6) is 0.392. The summed E-state index contributed by atoms with van der Waals surface area (Å²) in [6, 6.07) is 89.1. The Morgan fingerprint density at radius 2 is 0.408 bits per heavy atom. The molecule has 0 aliphatic carbocycles. The van der Waals surface area contributed by atoms with Crippen LogP contribution in [0.3, 0.4) is 0 Å². The van der Waals surface area contributed by atoms with E-state index >= 15 is 0 Å². The van der Waals surface area contributed by atoms with Gasteiger partial charge in [-0.05, 0) is 68.3 Å². The minimum atomic E-state index is 0. The maximum absolute atomic E-state index is 12.8. The van der Waals surface area contributed by atoms with Crippen LogP contribution in [0.5, 0.6) is 0 Å². The fraction of sp³-hybridized carbons (Fsp3) is 0.0455. The molecule has 9 aromatic rings. The monoisotopic (exact) mass is 1110 g/mol. The van der Waals surface area contributed by atoms with Crippen molar-refractivity contribution in [3.05, 3.63) is 323 Å². The molecule has 5 heteroatoms. The van der Waals surface area contributed by atoms with Crippen LogP contribution >= 0.6 is 0 Å². The van der Waals surface area contributed by atoms with Crippen molar-refractivity contribution in [2.24, 2.45) is 0 Å². The molecule has 0 heterocycles. The summed E-state index contributed by atoms with van der Waals surface area (Å²) in [5.41, 5.74) is 11.3. The third-order valence-corrected chi connectivity index (χ3v) is 11.1. The fourth-order valence-corrected chi connectivity index (χ4v) is 7.60. The third-order valence-electron chi connectivity index (χ3n) is 11.1. The molecule has 0 saturated carbocycles. The molecule has 9 aromatic carbocycles. The van der Waals surface area contributed by atoms with Gasteiger partial charge in [0.05, 0.1) is 0 Å². The average Bonchev–Trinajstić information content (AvgIpc) is 3.41. The molecule has 9 rings (SSSR count). The van der Waals surface area contributed by atoms with E-state index in [-0.39, 0.29) is 58.2 Å². The molecule has 0 aromatic heterocycles. The summed E-state index contributed by atoms with van der Waals surface area (Å²) in [6.07, 6.45) is 7.15. The number of allylic oxidation sites excluding steroid dienone is 3. The molecule has 71 heavy (non-hydrogen) atoms. The molecule has 0 fully saturated rings. The standard InChI is InChI=1S/3C22H18O.2Pd/c3*23-22(17-19-12-6-2-7-13-19)21(20-14-8-3-9-15-20)16-18-10-4-1-5-11-18;;/h3*1-16H,17H2;;. The SMILES string of the molecule is O=C(Cc1ccccc1)C(=Cc1ccccc1)c1ccccc1.O=C(Cc1ccccc1)C(=Cc1ccccc1)c1ccccc1.O=C(Cc1ccccc1)C(=Cc1ccccc1)c1ccccc1.[Pd].[Pd]. The summed E-state index contributed by atoms with van der Waals surface area (Å²) in [7, 11) is 0. The van der Waals surface area contributed by atoms with Gasteiger partial charge in [-0.2, -0.15) is 0 Å². The first-order valence-corrected chi connectivity index (χ1v) is 23.2. The predicted molar refractivity (Wildman–Crippen MR) is 288 cm³/mol. The quantitative estimate of drug-likeness (QED) is 0.0584. The van der Waals surface area contributed by atoms with Crippen LogP contribution in [0.25, 0.3) is 34.9 Å². The van der Waals surface area contributed by atoms with Crippen molar-refractivity contribution in [1.29, 1.82) is 0 Å². The van der Waals surface area contributed by atoms with Gasteiger partial charge < -0.3 is 0 Å². The minimum Gasteiger partial charge on any atom is -0.294 e. The molecule has 0 radical (unpaired) electrons. The Kier molecular flexibility index (Phi) is 23.2. The van der Waals surface area contributed by atoms with Crippen LogP contribution < -0.4 is 0 Å². The number of carbonyl (C=O) groups is 3. The first-order chi connectivity index (χ1) is 34.0. The van der Waals surface area contributed by atoms with Crippen molar-refractivity contribution in [2.45, 2.75) is 19.3 Å². The third kappa shape index (κ3) is 18.1. The Labute approximate surface area is 446 Å². The zero-order chi connectivity index (χ0) is 47.7. The Morgan fingerprint density at radius 1 is 0.239 bits per heavy atom. The molecule has 0 unspecified atom stereocenters. The Morgan fingerprint density at radius 3 is 0.606 bits per heavy atom. The van der Waals surface area contributed by atoms with Crippen molar-refractivity contribution < 1.29 is 55.2 Å². The topological polar surface area (TPSA) is 51.2 Å². The van der Waals surface area contributed by atoms with Crippen molar-refractivity contribution in [3.63, 3.8) is 0 Å². The van der Waals surface area contributed by atoms with Crippen molar-refractivity contribution >= 4 is 52.3 Å². The van der Waals surface area contributed by atoms with Crippen LogP contribution in [-0.4, -0.2) is 17.3 Å². The van der Waals surface area contributed by atoms with Gasteiger partial charge in [-0.25, -0.2) is 0 Å². The molecular formula is C66H54O3Pd2. The molecule has 0 atom stereocenters. The molecule has 0 aliphatic rings. The van der Waals surface area contributed by atoms with Crippen molar-refractivity contribution in [3.8, 4) is 0 Å². The zero-order valence-corrected chi connectivity index (χ0v) is 42.3. The number of carbonyl (C=O) groups excluding carboxylic acids is 3. The van der Waals surface area contributed by atoms with Gasteiger partial charge in [0.1, 0.15) is 0 Å². The number of ketones is 3. The number of rotatable bonds is 15. The molecule has 0 spiro atoms. The molecule has 0 bridgehead atoms. The van der Waals surface area contributed by atoms with E-state index in [1.165, 1.54) is 0 Å². The van der Waals surface area contributed by atoms with E-state index in [1.807, 2.05) is 291 Å². The number of hydrogen-bond acceptors (Lipinski definition) is 3. The van der Waals surface area contributed by atoms with Crippen LogP contribution in [0.1, 0.15) is 50.1 Å². The number of hydrogen-bond donors (Lipinski definition) is 0. The largest absolute Gasteiger partial charge is 0.294 e. The van der Waals surface area contributed by atoms with Crippen molar-refractivity contribution in [1.82, 2.24) is 0 Å². The Balaban J connectivity index is 0.000000195. The molecule has 0 N–H and O–H groups in total. The maximum Gasteiger partial charge on any atom is 0.167 e. The molecule has 0 saturated heterocycles. The maximum atomic E-state index is 12.8. The number of benzene rings is 9. The average molecular weight is 1110 g/mol. The smallest absolute Gasteiger partial charge is 0.167 e. The van der Waals surface area contributed by atoms with Crippen LogP contribution in [0, 0.1) is 0 Å². The second kappa shape index (κ2) is 30.2. The summed E-state index contributed by atoms with van der Waals surface area (Å²) in [4.78, 5) is 38.5. The van der Waals surface area contributed by atoms with Gasteiger partial charge >= 0.3 is 0 Å². The van der Waals surface area contributed by atoms with Crippen LogP contribution in [0.2, 0.25) is 0 Å². The van der Waals surface area contributed by atoms with Gasteiger partial charge in [0.25, 0.3) is 0 Å². The normalized spacial score (nSPS) is 10.9. The van der Waals surface area contributed by atoms with E-state index in [4.69, 9.17) is 0 Å². The molecule has 0 amide bonds. The van der Waals surface area contributed by atoms with E-state index in [1.54, 1.807) is 0 Å². The predicted octanol–water partition coefficient (Wildman–Crippen LogP) is 15.1. The molecule has 0 aliphatic heterocycles. The first-order valence-electron chi connectivity index (χ1n) is 23.2. The summed E-state index contributed by atoms with van der Waals surface area (Å²) in [6.45, 7) is 0. The van der Waals surface area contributed by atoms with Crippen LogP contribution in [0.15, 0.2) is 273 Å². The fourth-order valence-electron chi connectivity index (χ4n) is 7.60.